The predicted molar refractivity (Wildman–Crippen MR) is 67.9 cm³/mol. The number of morpholine rings is 1. The summed E-state index contributed by atoms with van der Waals surface area (Å²) >= 11 is 0. The summed E-state index contributed by atoms with van der Waals surface area (Å²) in [6.45, 7) is 8.46. The van der Waals surface area contributed by atoms with Gasteiger partial charge in [0.05, 0.1) is 18.2 Å². The maximum absolute atomic E-state index is 11.9. The molecular weight excluding hydrogens is 218 g/mol. The van der Waals surface area contributed by atoms with Crippen molar-refractivity contribution in [3.63, 3.8) is 0 Å². The molecule has 1 rings (SSSR count). The Labute approximate surface area is 104 Å². The Bertz CT molecular complexity index is 256. The average Bonchev–Trinajstić information content (AvgIpc) is 2.27. The minimum atomic E-state index is -0.315. The summed E-state index contributed by atoms with van der Waals surface area (Å²) in [6.07, 6.45) is 2.04. The van der Waals surface area contributed by atoms with Crippen LogP contribution < -0.4 is 11.1 Å². The first kappa shape index (κ1) is 14.3. The Kier molecular flexibility index (Phi) is 5.21. The molecule has 0 spiro atoms. The highest BCUT2D eigenvalue weighted by molar-refractivity contribution is 5.74. The minimum absolute atomic E-state index is 0.00623. The van der Waals surface area contributed by atoms with E-state index in [1.54, 1.807) is 4.90 Å². The minimum Gasteiger partial charge on any atom is -0.367 e. The van der Waals surface area contributed by atoms with E-state index in [4.69, 9.17) is 10.5 Å². The maximum atomic E-state index is 11.9. The van der Waals surface area contributed by atoms with Crippen molar-refractivity contribution in [3.8, 4) is 0 Å². The molecule has 1 aliphatic rings. The molecule has 0 bridgehead atoms. The molecule has 1 atom stereocenters. The normalized spacial score (nSPS) is 23.5. The molecule has 0 aliphatic carbocycles. The molecule has 0 aromatic carbocycles. The number of nitrogens with two attached hydrogens (primary N) is 1. The fourth-order valence-electron chi connectivity index (χ4n) is 2.06. The number of amides is 2. The third kappa shape index (κ3) is 4.52. The summed E-state index contributed by atoms with van der Waals surface area (Å²) in [7, 11) is 0. The molecule has 17 heavy (non-hydrogen) atoms. The van der Waals surface area contributed by atoms with Crippen molar-refractivity contribution in [2.45, 2.75) is 45.3 Å². The first-order valence-corrected chi connectivity index (χ1v) is 6.39. The number of carbonyl (C=O) groups excluding carboxylic acids is 1. The Morgan fingerprint density at radius 1 is 1.59 bits per heavy atom. The molecule has 0 radical (unpaired) electrons. The van der Waals surface area contributed by atoms with Crippen LogP contribution in [0.2, 0.25) is 0 Å². The van der Waals surface area contributed by atoms with E-state index >= 15 is 0 Å². The van der Waals surface area contributed by atoms with Gasteiger partial charge in [-0.15, -0.1) is 0 Å². The lowest BCUT2D eigenvalue weighted by molar-refractivity contribution is -0.120. The quantitative estimate of drug-likeness (QED) is 0.722. The molecule has 1 fully saturated rings. The summed E-state index contributed by atoms with van der Waals surface area (Å²) in [4.78, 5) is 13.7. The summed E-state index contributed by atoms with van der Waals surface area (Å²) < 4.78 is 5.78. The van der Waals surface area contributed by atoms with Crippen molar-refractivity contribution in [2.24, 2.45) is 5.73 Å². The smallest absolute Gasteiger partial charge is 0.317 e. The van der Waals surface area contributed by atoms with Crippen LogP contribution in [-0.2, 0) is 4.74 Å². The number of nitrogens with zero attached hydrogens (tertiary/aromatic N) is 1. The molecule has 5 heteroatoms. The van der Waals surface area contributed by atoms with Gasteiger partial charge >= 0.3 is 6.03 Å². The van der Waals surface area contributed by atoms with Crippen LogP contribution in [0.15, 0.2) is 0 Å². The van der Waals surface area contributed by atoms with E-state index in [1.165, 1.54) is 0 Å². The van der Waals surface area contributed by atoms with E-state index in [0.29, 0.717) is 19.6 Å². The van der Waals surface area contributed by atoms with E-state index in [0.717, 1.165) is 19.4 Å². The predicted octanol–water partition coefficient (Wildman–Crippen LogP) is 0.934. The number of urea groups is 1. The van der Waals surface area contributed by atoms with E-state index < -0.39 is 0 Å². The summed E-state index contributed by atoms with van der Waals surface area (Å²) in [5.41, 5.74) is 5.31. The summed E-state index contributed by atoms with van der Waals surface area (Å²) in [5.74, 6) is 0. The van der Waals surface area contributed by atoms with Crippen LogP contribution in [0.4, 0.5) is 4.79 Å². The highest BCUT2D eigenvalue weighted by atomic mass is 16.5. The van der Waals surface area contributed by atoms with Crippen molar-refractivity contribution in [1.82, 2.24) is 10.2 Å². The molecule has 0 aromatic rings. The second-order valence-corrected chi connectivity index (χ2v) is 5.20. The van der Waals surface area contributed by atoms with Crippen LogP contribution in [0.25, 0.3) is 0 Å². The summed E-state index contributed by atoms with van der Waals surface area (Å²) in [6, 6.07) is -0.00623. The molecular formula is C12H25N3O2. The first-order chi connectivity index (χ1) is 7.98. The summed E-state index contributed by atoms with van der Waals surface area (Å²) in [5, 5.41) is 2.93. The number of carbonyl (C=O) groups is 1. The van der Waals surface area contributed by atoms with Crippen molar-refractivity contribution < 1.29 is 9.53 Å². The standard InChI is InChI=1S/C12H25N3O2/c1-4-5-6-14-11(16)15-8-10(7-13)17-12(2,3)9-15/h10H,4-9,13H2,1-3H3,(H,14,16). The molecule has 1 saturated heterocycles. The van der Waals surface area contributed by atoms with Crippen LogP contribution >= 0.6 is 0 Å². The lowest BCUT2D eigenvalue weighted by Crippen LogP contribution is -2.58. The van der Waals surface area contributed by atoms with Crippen molar-refractivity contribution in [3.05, 3.63) is 0 Å². The zero-order valence-corrected chi connectivity index (χ0v) is 11.2. The highest BCUT2D eigenvalue weighted by Gasteiger charge is 2.34. The number of hydrogen-bond acceptors (Lipinski definition) is 3. The highest BCUT2D eigenvalue weighted by Crippen LogP contribution is 2.20. The topological polar surface area (TPSA) is 67.6 Å². The van der Waals surface area contributed by atoms with Gasteiger partial charge in [0.25, 0.3) is 0 Å². The van der Waals surface area contributed by atoms with Gasteiger partial charge in [-0.05, 0) is 20.3 Å². The molecule has 100 valence electrons. The SMILES string of the molecule is CCCCNC(=O)N1CC(CN)OC(C)(C)C1. The van der Waals surface area contributed by atoms with E-state index in [-0.39, 0.29) is 17.7 Å². The number of rotatable bonds is 4. The van der Waals surface area contributed by atoms with Crippen LogP contribution in [-0.4, -0.2) is 48.8 Å². The van der Waals surface area contributed by atoms with Gasteiger partial charge in [-0.1, -0.05) is 13.3 Å². The molecule has 3 N–H and O–H groups in total. The molecule has 1 aliphatic heterocycles. The van der Waals surface area contributed by atoms with Gasteiger partial charge < -0.3 is 20.7 Å². The number of hydrogen-bond donors (Lipinski definition) is 2. The van der Waals surface area contributed by atoms with Gasteiger partial charge in [-0.2, -0.15) is 0 Å². The fourth-order valence-corrected chi connectivity index (χ4v) is 2.06. The van der Waals surface area contributed by atoms with E-state index in [9.17, 15) is 4.79 Å². The molecule has 0 aromatic heterocycles. The van der Waals surface area contributed by atoms with E-state index in [2.05, 4.69) is 12.2 Å². The van der Waals surface area contributed by atoms with Crippen LogP contribution in [0.3, 0.4) is 0 Å². The molecule has 1 unspecified atom stereocenters. The lowest BCUT2D eigenvalue weighted by atomic mass is 10.1. The largest absolute Gasteiger partial charge is 0.367 e. The van der Waals surface area contributed by atoms with Crippen LogP contribution in [0.1, 0.15) is 33.6 Å². The Balaban J connectivity index is 2.48. The van der Waals surface area contributed by atoms with Gasteiger partial charge in [0.1, 0.15) is 0 Å². The lowest BCUT2D eigenvalue weighted by Gasteiger charge is -2.42. The monoisotopic (exact) mass is 243 g/mol. The van der Waals surface area contributed by atoms with Crippen molar-refractivity contribution in [2.75, 3.05) is 26.2 Å². The second kappa shape index (κ2) is 6.21. The van der Waals surface area contributed by atoms with E-state index in [1.807, 2.05) is 13.8 Å². The Morgan fingerprint density at radius 3 is 2.88 bits per heavy atom. The molecule has 2 amide bonds. The number of nitrogens with one attached hydrogen (secondary N) is 1. The van der Waals surface area contributed by atoms with Gasteiger partial charge in [0.15, 0.2) is 0 Å². The molecule has 1 heterocycles. The van der Waals surface area contributed by atoms with Gasteiger partial charge in [0.2, 0.25) is 0 Å². The van der Waals surface area contributed by atoms with Crippen molar-refractivity contribution in [1.29, 1.82) is 0 Å². The Hall–Kier alpha value is -0.810. The zero-order chi connectivity index (χ0) is 12.9. The first-order valence-electron chi connectivity index (χ1n) is 6.39. The number of unbranched alkanes of at least 4 members (excludes halogenated alkanes) is 1. The van der Waals surface area contributed by atoms with Crippen LogP contribution in [0, 0.1) is 0 Å². The zero-order valence-electron chi connectivity index (χ0n) is 11.2. The average molecular weight is 243 g/mol. The second-order valence-electron chi connectivity index (χ2n) is 5.20. The fraction of sp³-hybridized carbons (Fsp3) is 0.917. The van der Waals surface area contributed by atoms with Gasteiger partial charge in [-0.3, -0.25) is 0 Å². The third-order valence-electron chi connectivity index (χ3n) is 2.84. The van der Waals surface area contributed by atoms with Gasteiger partial charge in [0, 0.05) is 19.6 Å². The van der Waals surface area contributed by atoms with Gasteiger partial charge in [-0.25, -0.2) is 4.79 Å². The van der Waals surface area contributed by atoms with Crippen LogP contribution in [0.5, 0.6) is 0 Å². The maximum Gasteiger partial charge on any atom is 0.317 e. The molecule has 0 saturated carbocycles. The molecule has 5 nitrogen and oxygen atoms in total. The number of ether oxygens (including phenoxy) is 1. The van der Waals surface area contributed by atoms with Crippen molar-refractivity contribution >= 4 is 6.03 Å². The third-order valence-corrected chi connectivity index (χ3v) is 2.84. The Morgan fingerprint density at radius 2 is 2.29 bits per heavy atom.